The van der Waals surface area contributed by atoms with Crippen LogP contribution in [0.1, 0.15) is 32.0 Å². The van der Waals surface area contributed by atoms with Crippen LogP contribution in [0.3, 0.4) is 0 Å². The van der Waals surface area contributed by atoms with Gasteiger partial charge in [-0.1, -0.05) is 0 Å². The smallest absolute Gasteiger partial charge is 0.407 e. The predicted molar refractivity (Wildman–Crippen MR) is 69.7 cm³/mol. The van der Waals surface area contributed by atoms with Gasteiger partial charge in [-0.15, -0.1) is 0 Å². The van der Waals surface area contributed by atoms with Crippen molar-refractivity contribution in [3.05, 3.63) is 28.0 Å². The Hall–Kier alpha value is -1.10. The van der Waals surface area contributed by atoms with Crippen molar-refractivity contribution in [1.29, 1.82) is 0 Å². The summed E-state index contributed by atoms with van der Waals surface area (Å²) in [5.74, 6) is 0. The number of rotatable bonds is 2. The fourth-order valence-electron chi connectivity index (χ4n) is 1.22. The lowest BCUT2D eigenvalue weighted by Gasteiger charge is -2.19. The summed E-state index contributed by atoms with van der Waals surface area (Å²) in [7, 11) is 0. The molecule has 1 rings (SSSR count). The standard InChI is InChI=1S/C12H17BrN2O2/c1-8-5-9(13)6-14-10(8)7-15-11(16)17-12(2,3)4/h5-6H,7H2,1-4H3,(H,15,16). The molecule has 0 saturated heterocycles. The second-order valence-corrected chi connectivity index (χ2v) is 5.69. The summed E-state index contributed by atoms with van der Waals surface area (Å²) in [6.45, 7) is 7.80. The fraction of sp³-hybridized carbons (Fsp3) is 0.500. The average molecular weight is 301 g/mol. The first-order chi connectivity index (χ1) is 7.78. The minimum atomic E-state index is -0.480. The van der Waals surface area contributed by atoms with Gasteiger partial charge in [0.15, 0.2) is 0 Å². The number of ether oxygens (including phenoxy) is 1. The van der Waals surface area contributed by atoms with E-state index in [4.69, 9.17) is 4.74 Å². The molecule has 4 nitrogen and oxygen atoms in total. The van der Waals surface area contributed by atoms with Gasteiger partial charge in [-0.05, 0) is 55.3 Å². The number of nitrogens with one attached hydrogen (secondary N) is 1. The van der Waals surface area contributed by atoms with Gasteiger partial charge in [0.1, 0.15) is 5.60 Å². The number of aromatic nitrogens is 1. The first kappa shape index (κ1) is 14.0. The van der Waals surface area contributed by atoms with Crippen LogP contribution in [0, 0.1) is 6.92 Å². The molecule has 0 aliphatic heterocycles. The highest BCUT2D eigenvalue weighted by Crippen LogP contribution is 2.13. The molecule has 0 aliphatic rings. The molecule has 5 heteroatoms. The molecule has 0 bridgehead atoms. The molecule has 1 amide bonds. The summed E-state index contributed by atoms with van der Waals surface area (Å²) in [4.78, 5) is 15.7. The SMILES string of the molecule is Cc1cc(Br)cnc1CNC(=O)OC(C)(C)C. The summed E-state index contributed by atoms with van der Waals surface area (Å²) >= 11 is 3.34. The molecule has 0 aromatic carbocycles. The minimum Gasteiger partial charge on any atom is -0.444 e. The van der Waals surface area contributed by atoms with Crippen molar-refractivity contribution in [1.82, 2.24) is 10.3 Å². The van der Waals surface area contributed by atoms with E-state index < -0.39 is 11.7 Å². The number of alkyl carbamates (subject to hydrolysis) is 1. The number of nitrogens with zero attached hydrogens (tertiary/aromatic N) is 1. The lowest BCUT2D eigenvalue weighted by atomic mass is 10.2. The maximum atomic E-state index is 11.4. The molecule has 0 spiro atoms. The third-order valence-corrected chi connectivity index (χ3v) is 2.39. The molecule has 0 fully saturated rings. The Morgan fingerprint density at radius 1 is 1.53 bits per heavy atom. The van der Waals surface area contributed by atoms with Gasteiger partial charge < -0.3 is 10.1 Å². The molecular formula is C12H17BrN2O2. The molecule has 0 atom stereocenters. The number of hydrogen-bond acceptors (Lipinski definition) is 3. The lowest BCUT2D eigenvalue weighted by Crippen LogP contribution is -2.32. The Bertz CT molecular complexity index is 413. The van der Waals surface area contributed by atoms with Gasteiger partial charge >= 0.3 is 6.09 Å². The monoisotopic (exact) mass is 300 g/mol. The molecule has 17 heavy (non-hydrogen) atoms. The first-order valence-corrected chi connectivity index (χ1v) is 6.15. The van der Waals surface area contributed by atoms with E-state index in [9.17, 15) is 4.79 Å². The third kappa shape index (κ3) is 5.17. The number of halogens is 1. The number of hydrogen-bond donors (Lipinski definition) is 1. The Balaban J connectivity index is 2.53. The van der Waals surface area contributed by atoms with Gasteiger partial charge in [0, 0.05) is 10.7 Å². The summed E-state index contributed by atoms with van der Waals surface area (Å²) in [5, 5.41) is 2.68. The van der Waals surface area contributed by atoms with Crippen LogP contribution in [0.4, 0.5) is 4.79 Å². The molecule has 0 saturated carbocycles. The number of amides is 1. The predicted octanol–water partition coefficient (Wildman–Crippen LogP) is 3.18. The van der Waals surface area contributed by atoms with E-state index in [1.807, 2.05) is 33.8 Å². The number of carbonyl (C=O) groups excluding carboxylic acids is 1. The average Bonchev–Trinajstić information content (AvgIpc) is 2.13. The topological polar surface area (TPSA) is 51.2 Å². The van der Waals surface area contributed by atoms with Crippen molar-refractivity contribution in [2.24, 2.45) is 0 Å². The van der Waals surface area contributed by atoms with E-state index in [2.05, 4.69) is 26.2 Å². The van der Waals surface area contributed by atoms with E-state index in [0.717, 1.165) is 15.7 Å². The van der Waals surface area contributed by atoms with E-state index in [0.29, 0.717) is 6.54 Å². The fourth-order valence-corrected chi connectivity index (χ4v) is 1.67. The number of pyridine rings is 1. The molecule has 1 N–H and O–H groups in total. The summed E-state index contributed by atoms with van der Waals surface area (Å²) in [5.41, 5.74) is 1.38. The van der Waals surface area contributed by atoms with Gasteiger partial charge in [-0.3, -0.25) is 4.98 Å². The second-order valence-electron chi connectivity index (χ2n) is 4.77. The minimum absolute atomic E-state index is 0.369. The van der Waals surface area contributed by atoms with Gasteiger partial charge in [-0.25, -0.2) is 4.79 Å². The van der Waals surface area contributed by atoms with E-state index in [-0.39, 0.29) is 0 Å². The first-order valence-electron chi connectivity index (χ1n) is 5.36. The van der Waals surface area contributed by atoms with Crippen LogP contribution >= 0.6 is 15.9 Å². The van der Waals surface area contributed by atoms with Crippen LogP contribution in [0.15, 0.2) is 16.7 Å². The molecule has 94 valence electrons. The normalized spacial score (nSPS) is 11.1. The van der Waals surface area contributed by atoms with E-state index >= 15 is 0 Å². The quantitative estimate of drug-likeness (QED) is 0.912. The summed E-state index contributed by atoms with van der Waals surface area (Å²) in [6, 6.07) is 1.96. The van der Waals surface area contributed by atoms with Crippen molar-refractivity contribution in [2.45, 2.75) is 39.8 Å². The van der Waals surface area contributed by atoms with E-state index in [1.54, 1.807) is 6.20 Å². The molecule has 0 radical (unpaired) electrons. The third-order valence-electron chi connectivity index (χ3n) is 1.95. The Labute approximate surface area is 110 Å². The molecular weight excluding hydrogens is 284 g/mol. The Morgan fingerprint density at radius 2 is 2.18 bits per heavy atom. The molecule has 0 unspecified atom stereocenters. The van der Waals surface area contributed by atoms with Gasteiger partial charge in [0.2, 0.25) is 0 Å². The van der Waals surface area contributed by atoms with Crippen LogP contribution < -0.4 is 5.32 Å². The van der Waals surface area contributed by atoms with E-state index in [1.165, 1.54) is 0 Å². The lowest BCUT2D eigenvalue weighted by molar-refractivity contribution is 0.0523. The van der Waals surface area contributed by atoms with Gasteiger partial charge in [-0.2, -0.15) is 0 Å². The molecule has 0 aliphatic carbocycles. The van der Waals surface area contributed by atoms with Crippen molar-refractivity contribution < 1.29 is 9.53 Å². The molecule has 1 aromatic heterocycles. The van der Waals surface area contributed by atoms with Gasteiger partial charge in [0.05, 0.1) is 12.2 Å². The van der Waals surface area contributed by atoms with Gasteiger partial charge in [0.25, 0.3) is 0 Å². The molecule has 1 heterocycles. The van der Waals surface area contributed by atoms with Crippen LogP contribution in [0.2, 0.25) is 0 Å². The highest BCUT2D eigenvalue weighted by atomic mass is 79.9. The van der Waals surface area contributed by atoms with Crippen molar-refractivity contribution in [2.75, 3.05) is 0 Å². The maximum absolute atomic E-state index is 11.4. The highest BCUT2D eigenvalue weighted by molar-refractivity contribution is 9.10. The number of carbonyl (C=O) groups is 1. The van der Waals surface area contributed by atoms with Crippen molar-refractivity contribution >= 4 is 22.0 Å². The van der Waals surface area contributed by atoms with Crippen molar-refractivity contribution in [3.8, 4) is 0 Å². The zero-order valence-corrected chi connectivity index (χ0v) is 12.1. The number of aryl methyl sites for hydroxylation is 1. The van der Waals surface area contributed by atoms with Crippen LogP contribution in [0.25, 0.3) is 0 Å². The van der Waals surface area contributed by atoms with Crippen LogP contribution in [0.5, 0.6) is 0 Å². The highest BCUT2D eigenvalue weighted by Gasteiger charge is 2.16. The van der Waals surface area contributed by atoms with Crippen molar-refractivity contribution in [3.63, 3.8) is 0 Å². The Morgan fingerprint density at radius 3 is 2.71 bits per heavy atom. The largest absolute Gasteiger partial charge is 0.444 e. The Kier molecular flexibility index (Phi) is 4.51. The van der Waals surface area contributed by atoms with Crippen LogP contribution in [-0.4, -0.2) is 16.7 Å². The maximum Gasteiger partial charge on any atom is 0.407 e. The zero-order chi connectivity index (χ0) is 13.1. The second kappa shape index (κ2) is 5.49. The summed E-state index contributed by atoms with van der Waals surface area (Å²) < 4.78 is 6.06. The zero-order valence-electron chi connectivity index (χ0n) is 10.5. The molecule has 1 aromatic rings. The summed E-state index contributed by atoms with van der Waals surface area (Å²) in [6.07, 6.45) is 1.28. The van der Waals surface area contributed by atoms with Crippen LogP contribution in [-0.2, 0) is 11.3 Å².